The van der Waals surface area contributed by atoms with Crippen LogP contribution in [0.3, 0.4) is 0 Å². The van der Waals surface area contributed by atoms with Crippen LogP contribution in [-0.4, -0.2) is 43.5 Å². The van der Waals surface area contributed by atoms with Gasteiger partial charge in [-0.2, -0.15) is 9.41 Å². The zero-order valence-corrected chi connectivity index (χ0v) is 15.7. The van der Waals surface area contributed by atoms with Gasteiger partial charge in [-0.05, 0) is 30.3 Å². The molecule has 9 heteroatoms. The summed E-state index contributed by atoms with van der Waals surface area (Å²) < 4.78 is 26.3. The molecule has 0 aliphatic heterocycles. The first-order valence-corrected chi connectivity index (χ1v) is 9.36. The minimum Gasteiger partial charge on any atom is -0.507 e. The van der Waals surface area contributed by atoms with E-state index in [1.807, 2.05) is 0 Å². The molecule has 7 nitrogen and oxygen atoms in total. The zero-order chi connectivity index (χ0) is 18.4. The van der Waals surface area contributed by atoms with Crippen LogP contribution in [0.5, 0.6) is 5.75 Å². The second-order valence-corrected chi connectivity index (χ2v) is 8.03. The molecule has 0 aliphatic carbocycles. The standard InChI is InChI=1S/C16H16BrN3O4S/c1-20(25(23,24)14-5-3-2-4-6-14)11-16(22)19-18-10-12-9-13(17)7-8-15(12)21/h2-10,21H,11H2,1H3,(H,19,22)/b18-10-. The van der Waals surface area contributed by atoms with Crippen LogP contribution < -0.4 is 5.43 Å². The molecule has 0 bridgehead atoms. The lowest BCUT2D eigenvalue weighted by Gasteiger charge is -2.15. The predicted octanol–water partition coefficient (Wildman–Crippen LogP) is 1.93. The van der Waals surface area contributed by atoms with Crippen LogP contribution >= 0.6 is 15.9 Å². The highest BCUT2D eigenvalue weighted by Gasteiger charge is 2.22. The molecule has 0 fully saturated rings. The van der Waals surface area contributed by atoms with E-state index in [0.717, 1.165) is 8.78 Å². The molecule has 0 atom stereocenters. The van der Waals surface area contributed by atoms with Crippen molar-refractivity contribution in [2.45, 2.75) is 4.90 Å². The van der Waals surface area contributed by atoms with Crippen molar-refractivity contribution >= 4 is 38.1 Å². The third kappa shape index (κ3) is 5.12. The maximum Gasteiger partial charge on any atom is 0.255 e. The Kier molecular flexibility index (Phi) is 6.29. The molecule has 0 aliphatic rings. The van der Waals surface area contributed by atoms with Gasteiger partial charge in [-0.1, -0.05) is 34.1 Å². The first-order chi connectivity index (χ1) is 11.8. The number of benzene rings is 2. The number of hydrogen-bond donors (Lipinski definition) is 2. The number of rotatable bonds is 6. The molecule has 132 valence electrons. The van der Waals surface area contributed by atoms with E-state index >= 15 is 0 Å². The van der Waals surface area contributed by atoms with Crippen molar-refractivity contribution in [1.29, 1.82) is 0 Å². The number of halogens is 1. The predicted molar refractivity (Wildman–Crippen MR) is 97.8 cm³/mol. The van der Waals surface area contributed by atoms with Crippen LogP contribution in [0.2, 0.25) is 0 Å². The Morgan fingerprint density at radius 3 is 2.64 bits per heavy atom. The quantitative estimate of drug-likeness (QED) is 0.545. The number of carbonyl (C=O) groups is 1. The second kappa shape index (κ2) is 8.24. The lowest BCUT2D eigenvalue weighted by Crippen LogP contribution is -2.36. The summed E-state index contributed by atoms with van der Waals surface area (Å²) in [7, 11) is -2.44. The average Bonchev–Trinajstić information content (AvgIpc) is 2.58. The van der Waals surface area contributed by atoms with Gasteiger partial charge in [0.2, 0.25) is 10.0 Å². The summed E-state index contributed by atoms with van der Waals surface area (Å²) in [6.45, 7) is -0.390. The number of aromatic hydroxyl groups is 1. The molecule has 0 radical (unpaired) electrons. The van der Waals surface area contributed by atoms with E-state index in [1.165, 1.54) is 31.5 Å². The molecule has 1 amide bonds. The summed E-state index contributed by atoms with van der Waals surface area (Å²) in [4.78, 5) is 12.0. The number of amides is 1. The molecule has 0 spiro atoms. The van der Waals surface area contributed by atoms with E-state index in [4.69, 9.17) is 0 Å². The van der Waals surface area contributed by atoms with Crippen LogP contribution in [0.4, 0.5) is 0 Å². The Labute approximate surface area is 154 Å². The number of hydrogen-bond acceptors (Lipinski definition) is 5. The van der Waals surface area contributed by atoms with E-state index < -0.39 is 15.9 Å². The summed E-state index contributed by atoms with van der Waals surface area (Å²) in [6, 6.07) is 12.6. The van der Waals surface area contributed by atoms with Gasteiger partial charge in [0, 0.05) is 17.1 Å². The summed E-state index contributed by atoms with van der Waals surface area (Å²) in [5.41, 5.74) is 2.63. The molecule has 2 aromatic carbocycles. The first kappa shape index (κ1) is 19.1. The van der Waals surface area contributed by atoms with Crippen LogP contribution in [0.15, 0.2) is 63.0 Å². The van der Waals surface area contributed by atoms with Crippen LogP contribution in [0.1, 0.15) is 5.56 Å². The zero-order valence-electron chi connectivity index (χ0n) is 13.3. The Morgan fingerprint density at radius 2 is 1.96 bits per heavy atom. The van der Waals surface area contributed by atoms with Gasteiger partial charge in [-0.25, -0.2) is 13.8 Å². The van der Waals surface area contributed by atoms with Gasteiger partial charge in [0.1, 0.15) is 5.75 Å². The number of phenolic OH excluding ortho intramolecular Hbond substituents is 1. The molecule has 0 saturated heterocycles. The monoisotopic (exact) mass is 425 g/mol. The average molecular weight is 426 g/mol. The van der Waals surface area contributed by atoms with Crippen molar-refractivity contribution in [1.82, 2.24) is 9.73 Å². The van der Waals surface area contributed by atoms with Gasteiger partial charge in [-0.3, -0.25) is 4.79 Å². The van der Waals surface area contributed by atoms with Crippen LogP contribution in [0.25, 0.3) is 0 Å². The van der Waals surface area contributed by atoms with E-state index in [0.29, 0.717) is 5.56 Å². The normalized spacial score (nSPS) is 11.8. The number of nitrogens with one attached hydrogen (secondary N) is 1. The van der Waals surface area contributed by atoms with E-state index in [1.54, 1.807) is 30.3 Å². The van der Waals surface area contributed by atoms with Gasteiger partial charge in [0.25, 0.3) is 5.91 Å². The van der Waals surface area contributed by atoms with Crippen molar-refractivity contribution in [3.05, 3.63) is 58.6 Å². The molecule has 2 aromatic rings. The number of likely N-dealkylation sites (N-methyl/N-ethyl adjacent to an activating group) is 1. The number of nitrogens with zero attached hydrogens (tertiary/aromatic N) is 2. The molecular formula is C16H16BrN3O4S. The Balaban J connectivity index is 1.98. The van der Waals surface area contributed by atoms with Gasteiger partial charge >= 0.3 is 0 Å². The van der Waals surface area contributed by atoms with Crippen molar-refractivity contribution in [3.8, 4) is 5.75 Å². The summed E-state index contributed by atoms with van der Waals surface area (Å²) in [5.74, 6) is -0.599. The Hall–Kier alpha value is -2.23. The lowest BCUT2D eigenvalue weighted by atomic mass is 10.2. The molecule has 0 saturated carbocycles. The Morgan fingerprint density at radius 1 is 1.28 bits per heavy atom. The number of phenols is 1. The number of hydrazone groups is 1. The molecule has 0 aromatic heterocycles. The SMILES string of the molecule is CN(CC(=O)N/N=C\c1cc(Br)ccc1O)S(=O)(=O)c1ccccc1. The van der Waals surface area contributed by atoms with E-state index in [2.05, 4.69) is 26.5 Å². The van der Waals surface area contributed by atoms with Gasteiger partial charge < -0.3 is 5.11 Å². The van der Waals surface area contributed by atoms with Crippen molar-refractivity contribution in [2.24, 2.45) is 5.10 Å². The molecule has 2 rings (SSSR count). The van der Waals surface area contributed by atoms with Crippen LogP contribution in [-0.2, 0) is 14.8 Å². The van der Waals surface area contributed by atoms with E-state index in [9.17, 15) is 18.3 Å². The molecule has 25 heavy (non-hydrogen) atoms. The lowest BCUT2D eigenvalue weighted by molar-refractivity contribution is -0.121. The highest BCUT2D eigenvalue weighted by atomic mass is 79.9. The van der Waals surface area contributed by atoms with Crippen molar-refractivity contribution in [2.75, 3.05) is 13.6 Å². The fraction of sp³-hybridized carbons (Fsp3) is 0.125. The maximum absolute atomic E-state index is 12.3. The third-order valence-electron chi connectivity index (χ3n) is 3.20. The van der Waals surface area contributed by atoms with Crippen LogP contribution in [0, 0.1) is 0 Å². The molecule has 2 N–H and O–H groups in total. The van der Waals surface area contributed by atoms with Crippen molar-refractivity contribution in [3.63, 3.8) is 0 Å². The highest BCUT2D eigenvalue weighted by Crippen LogP contribution is 2.19. The topological polar surface area (TPSA) is 99.1 Å². The largest absolute Gasteiger partial charge is 0.507 e. The maximum atomic E-state index is 12.3. The van der Waals surface area contributed by atoms with Gasteiger partial charge in [0.15, 0.2) is 0 Å². The highest BCUT2D eigenvalue weighted by molar-refractivity contribution is 9.10. The number of carbonyl (C=O) groups excluding carboxylic acids is 1. The first-order valence-electron chi connectivity index (χ1n) is 7.12. The summed E-state index contributed by atoms with van der Waals surface area (Å²) >= 11 is 3.26. The fourth-order valence-corrected chi connectivity index (χ4v) is 3.42. The molecule has 0 unspecified atom stereocenters. The molecule has 0 heterocycles. The molecular weight excluding hydrogens is 410 g/mol. The van der Waals surface area contributed by atoms with E-state index in [-0.39, 0.29) is 17.2 Å². The smallest absolute Gasteiger partial charge is 0.255 e. The third-order valence-corrected chi connectivity index (χ3v) is 5.51. The second-order valence-electron chi connectivity index (χ2n) is 5.07. The number of sulfonamides is 1. The minimum absolute atomic E-state index is 0.00460. The van der Waals surface area contributed by atoms with Gasteiger partial charge in [-0.15, -0.1) is 0 Å². The minimum atomic E-state index is -3.75. The fourth-order valence-electron chi connectivity index (χ4n) is 1.90. The van der Waals surface area contributed by atoms with Crippen molar-refractivity contribution < 1.29 is 18.3 Å². The summed E-state index contributed by atoms with van der Waals surface area (Å²) in [5, 5.41) is 13.4. The Bertz CT molecular complexity index is 886. The van der Waals surface area contributed by atoms with Gasteiger partial charge in [0.05, 0.1) is 17.7 Å². The summed E-state index contributed by atoms with van der Waals surface area (Å²) in [6.07, 6.45) is 1.27.